The lowest BCUT2D eigenvalue weighted by molar-refractivity contribution is -0.117. The van der Waals surface area contributed by atoms with E-state index in [2.05, 4.69) is 4.72 Å². The van der Waals surface area contributed by atoms with E-state index in [-0.39, 0.29) is 27.3 Å². The summed E-state index contributed by atoms with van der Waals surface area (Å²) in [5.74, 6) is 0.752. The number of anilines is 2. The molecule has 30 heavy (non-hydrogen) atoms. The smallest absolute Gasteiger partial charge is 0.262 e. The maximum absolute atomic E-state index is 13.1. The number of ether oxygens (including phenoxy) is 3. The summed E-state index contributed by atoms with van der Waals surface area (Å²) in [6.07, 6.45) is 0. The maximum Gasteiger partial charge on any atom is 0.262 e. The van der Waals surface area contributed by atoms with Crippen molar-refractivity contribution in [1.82, 2.24) is 0 Å². The first-order chi connectivity index (χ1) is 14.0. The van der Waals surface area contributed by atoms with Gasteiger partial charge in [0.25, 0.3) is 10.0 Å². The standard InChI is InChI=1S/C20H23ClN2O6S/c1-12(24)23-11-20(2,3)29-17-7-6-13(8-16(17)23)30(25,26)22-15-10-18(27-4)14(21)9-19(15)28-5/h6-10,22H,11H2,1-5H3. The number of fused-ring (bicyclic) bond motifs is 1. The predicted molar refractivity (Wildman–Crippen MR) is 115 cm³/mol. The molecule has 1 aliphatic rings. The van der Waals surface area contributed by atoms with Crippen LogP contribution in [0.5, 0.6) is 17.2 Å². The molecule has 2 aromatic carbocycles. The molecule has 0 atom stereocenters. The van der Waals surface area contributed by atoms with Gasteiger partial charge in [-0.25, -0.2) is 8.42 Å². The Hall–Kier alpha value is -2.65. The van der Waals surface area contributed by atoms with Gasteiger partial charge in [0, 0.05) is 19.1 Å². The summed E-state index contributed by atoms with van der Waals surface area (Å²) in [4.78, 5) is 13.6. The van der Waals surface area contributed by atoms with Crippen LogP contribution in [0.15, 0.2) is 35.2 Å². The summed E-state index contributed by atoms with van der Waals surface area (Å²) >= 11 is 6.08. The highest BCUT2D eigenvalue weighted by Crippen LogP contribution is 2.40. The van der Waals surface area contributed by atoms with Crippen LogP contribution in [0.1, 0.15) is 20.8 Å². The van der Waals surface area contributed by atoms with Crippen LogP contribution in [0.4, 0.5) is 11.4 Å². The Labute approximate surface area is 180 Å². The van der Waals surface area contributed by atoms with Gasteiger partial charge >= 0.3 is 0 Å². The lowest BCUT2D eigenvalue weighted by Crippen LogP contribution is -2.48. The summed E-state index contributed by atoms with van der Waals surface area (Å²) in [5.41, 5.74) is -0.0347. The number of amides is 1. The van der Waals surface area contributed by atoms with E-state index in [9.17, 15) is 13.2 Å². The minimum absolute atomic E-state index is 0.0354. The number of rotatable bonds is 5. The van der Waals surface area contributed by atoms with Crippen LogP contribution in [0, 0.1) is 0 Å². The van der Waals surface area contributed by atoms with Gasteiger partial charge in [0.2, 0.25) is 5.91 Å². The number of methoxy groups -OCH3 is 2. The van der Waals surface area contributed by atoms with Crippen LogP contribution in [0.25, 0.3) is 0 Å². The molecule has 8 nitrogen and oxygen atoms in total. The second-order valence-electron chi connectivity index (χ2n) is 7.39. The Morgan fingerprint density at radius 2 is 1.83 bits per heavy atom. The molecule has 10 heteroatoms. The molecule has 0 unspecified atom stereocenters. The van der Waals surface area contributed by atoms with Gasteiger partial charge in [-0.2, -0.15) is 0 Å². The molecule has 0 saturated heterocycles. The molecular weight excluding hydrogens is 432 g/mol. The number of hydrogen-bond donors (Lipinski definition) is 1. The van der Waals surface area contributed by atoms with E-state index in [0.717, 1.165) is 0 Å². The highest BCUT2D eigenvalue weighted by molar-refractivity contribution is 7.92. The fourth-order valence-electron chi connectivity index (χ4n) is 3.18. The van der Waals surface area contributed by atoms with E-state index < -0.39 is 15.6 Å². The molecule has 0 spiro atoms. The molecule has 1 aliphatic heterocycles. The van der Waals surface area contributed by atoms with E-state index in [1.54, 1.807) is 6.07 Å². The van der Waals surface area contributed by atoms with Crippen LogP contribution >= 0.6 is 11.6 Å². The first kappa shape index (κ1) is 22.0. The van der Waals surface area contributed by atoms with Crippen molar-refractivity contribution in [1.29, 1.82) is 0 Å². The van der Waals surface area contributed by atoms with E-state index in [1.165, 1.54) is 50.3 Å². The van der Waals surface area contributed by atoms with Crippen LogP contribution in [0.3, 0.4) is 0 Å². The number of sulfonamides is 1. The molecule has 0 saturated carbocycles. The van der Waals surface area contributed by atoms with Crippen molar-refractivity contribution in [3.8, 4) is 17.2 Å². The van der Waals surface area contributed by atoms with Crippen molar-refractivity contribution in [2.45, 2.75) is 31.3 Å². The zero-order chi connectivity index (χ0) is 22.3. The first-order valence-electron chi connectivity index (χ1n) is 9.03. The van der Waals surface area contributed by atoms with Crippen LogP contribution in [-0.4, -0.2) is 40.7 Å². The Bertz CT molecular complexity index is 1100. The third kappa shape index (κ3) is 4.27. The molecule has 1 heterocycles. The highest BCUT2D eigenvalue weighted by atomic mass is 35.5. The van der Waals surface area contributed by atoms with Crippen molar-refractivity contribution in [2.75, 3.05) is 30.4 Å². The molecule has 0 fully saturated rings. The predicted octanol–water partition coefficient (Wildman–Crippen LogP) is 3.68. The summed E-state index contributed by atoms with van der Waals surface area (Å²) in [6.45, 7) is 5.44. The number of nitrogens with zero attached hydrogens (tertiary/aromatic N) is 1. The van der Waals surface area contributed by atoms with Gasteiger partial charge in [-0.05, 0) is 32.0 Å². The normalized spacial score (nSPS) is 15.1. The van der Waals surface area contributed by atoms with Crippen molar-refractivity contribution in [3.63, 3.8) is 0 Å². The molecule has 0 radical (unpaired) electrons. The average molecular weight is 455 g/mol. The third-order valence-electron chi connectivity index (χ3n) is 4.55. The Morgan fingerprint density at radius 1 is 1.17 bits per heavy atom. The summed E-state index contributed by atoms with van der Waals surface area (Å²) in [7, 11) is -1.19. The van der Waals surface area contributed by atoms with Crippen molar-refractivity contribution in [2.24, 2.45) is 0 Å². The molecular formula is C20H23ClN2O6S. The monoisotopic (exact) mass is 454 g/mol. The van der Waals surface area contributed by atoms with E-state index in [4.69, 9.17) is 25.8 Å². The van der Waals surface area contributed by atoms with Crippen molar-refractivity contribution in [3.05, 3.63) is 35.4 Å². The van der Waals surface area contributed by atoms with E-state index >= 15 is 0 Å². The second kappa shape index (κ2) is 7.88. The van der Waals surface area contributed by atoms with Gasteiger partial charge in [-0.3, -0.25) is 9.52 Å². The van der Waals surface area contributed by atoms with Crippen LogP contribution in [-0.2, 0) is 14.8 Å². The molecule has 0 bridgehead atoms. The highest BCUT2D eigenvalue weighted by Gasteiger charge is 2.34. The van der Waals surface area contributed by atoms with E-state index in [1.807, 2.05) is 13.8 Å². The Balaban J connectivity index is 2.03. The summed E-state index contributed by atoms with van der Waals surface area (Å²) in [6, 6.07) is 7.26. The number of benzene rings is 2. The number of carbonyl (C=O) groups excluding carboxylic acids is 1. The number of nitrogens with one attached hydrogen (secondary N) is 1. The molecule has 162 valence electrons. The largest absolute Gasteiger partial charge is 0.495 e. The van der Waals surface area contributed by atoms with Gasteiger partial charge in [0.1, 0.15) is 22.8 Å². The molecule has 2 aromatic rings. The minimum Gasteiger partial charge on any atom is -0.495 e. The second-order valence-corrected chi connectivity index (χ2v) is 9.48. The Morgan fingerprint density at radius 3 is 2.43 bits per heavy atom. The number of hydrogen-bond acceptors (Lipinski definition) is 6. The van der Waals surface area contributed by atoms with Gasteiger partial charge < -0.3 is 19.1 Å². The zero-order valence-electron chi connectivity index (χ0n) is 17.3. The quantitative estimate of drug-likeness (QED) is 0.740. The maximum atomic E-state index is 13.1. The molecule has 0 aromatic heterocycles. The van der Waals surface area contributed by atoms with Gasteiger partial charge in [-0.1, -0.05) is 11.6 Å². The molecule has 0 aliphatic carbocycles. The molecule has 1 N–H and O–H groups in total. The third-order valence-corrected chi connectivity index (χ3v) is 6.21. The summed E-state index contributed by atoms with van der Waals surface area (Å²) < 4.78 is 44.9. The fourth-order valence-corrected chi connectivity index (χ4v) is 4.49. The van der Waals surface area contributed by atoms with Gasteiger partial charge in [-0.15, -0.1) is 0 Å². The number of halogens is 1. The van der Waals surface area contributed by atoms with Crippen molar-refractivity contribution < 1.29 is 27.4 Å². The van der Waals surface area contributed by atoms with Gasteiger partial charge in [0.05, 0.1) is 42.1 Å². The van der Waals surface area contributed by atoms with E-state index in [0.29, 0.717) is 23.7 Å². The average Bonchev–Trinajstić information content (AvgIpc) is 2.66. The minimum atomic E-state index is -4.02. The topological polar surface area (TPSA) is 94.2 Å². The van der Waals surface area contributed by atoms with Gasteiger partial charge in [0.15, 0.2) is 0 Å². The fraction of sp³-hybridized carbons (Fsp3) is 0.350. The van der Waals surface area contributed by atoms with Crippen LogP contribution in [0.2, 0.25) is 5.02 Å². The SMILES string of the molecule is COc1cc(NS(=O)(=O)c2ccc3c(c2)N(C(C)=O)CC(C)(C)O3)c(OC)cc1Cl. The zero-order valence-corrected chi connectivity index (χ0v) is 18.8. The number of carbonyl (C=O) groups is 1. The van der Waals surface area contributed by atoms with Crippen LogP contribution < -0.4 is 23.8 Å². The van der Waals surface area contributed by atoms with Crippen molar-refractivity contribution >= 4 is 38.9 Å². The Kier molecular flexibility index (Phi) is 5.79. The first-order valence-corrected chi connectivity index (χ1v) is 10.9. The lowest BCUT2D eigenvalue weighted by Gasteiger charge is -2.39. The molecule has 3 rings (SSSR count). The lowest BCUT2D eigenvalue weighted by atomic mass is 10.1. The molecule has 1 amide bonds. The summed E-state index contributed by atoms with van der Waals surface area (Å²) in [5, 5.41) is 0.281.